The van der Waals surface area contributed by atoms with Crippen LogP contribution in [0.1, 0.15) is 47.2 Å². The van der Waals surface area contributed by atoms with Crippen LogP contribution in [-0.2, 0) is 9.53 Å². The summed E-state index contributed by atoms with van der Waals surface area (Å²) in [6.45, 7) is 8.53. The van der Waals surface area contributed by atoms with Crippen molar-refractivity contribution in [2.45, 2.75) is 39.8 Å². The van der Waals surface area contributed by atoms with Gasteiger partial charge in [0.05, 0.1) is 24.4 Å². The summed E-state index contributed by atoms with van der Waals surface area (Å²) >= 11 is 5.66. The van der Waals surface area contributed by atoms with E-state index in [-0.39, 0.29) is 24.6 Å². The number of carbonyl (C=O) groups is 1. The topological polar surface area (TPSA) is 59.4 Å². The van der Waals surface area contributed by atoms with Gasteiger partial charge in [0, 0.05) is 23.3 Å². The Morgan fingerprint density at radius 3 is 2.56 bits per heavy atom. The first-order valence-electron chi connectivity index (χ1n) is 10.8. The highest BCUT2D eigenvalue weighted by atomic mass is 32.1. The van der Waals surface area contributed by atoms with Gasteiger partial charge in [-0.05, 0) is 75.8 Å². The number of nitrogens with one attached hydrogen (secondary N) is 1. The summed E-state index contributed by atoms with van der Waals surface area (Å²) < 4.78 is 7.47. The van der Waals surface area contributed by atoms with Crippen LogP contribution >= 0.6 is 12.2 Å². The smallest absolute Gasteiger partial charge is 0.325 e. The second-order valence-corrected chi connectivity index (χ2v) is 8.44. The van der Waals surface area contributed by atoms with Gasteiger partial charge >= 0.3 is 5.97 Å². The molecule has 1 N–H and O–H groups in total. The third-order valence-corrected chi connectivity index (χ3v) is 6.24. The van der Waals surface area contributed by atoms with Crippen LogP contribution in [0.5, 0.6) is 0 Å². The van der Waals surface area contributed by atoms with Gasteiger partial charge in [0.1, 0.15) is 6.54 Å². The molecule has 1 saturated heterocycles. The molecule has 0 unspecified atom stereocenters. The van der Waals surface area contributed by atoms with E-state index >= 15 is 0 Å². The second kappa shape index (κ2) is 9.12. The molecule has 32 heavy (non-hydrogen) atoms. The lowest BCUT2D eigenvalue weighted by molar-refractivity contribution is -0.143. The van der Waals surface area contributed by atoms with Gasteiger partial charge in [-0.2, -0.15) is 0 Å². The van der Waals surface area contributed by atoms with Crippen LogP contribution in [0.4, 0.5) is 0 Å². The van der Waals surface area contributed by atoms with Gasteiger partial charge in [0.2, 0.25) is 0 Å². The van der Waals surface area contributed by atoms with Crippen LogP contribution in [0, 0.1) is 20.8 Å². The number of pyridine rings is 1. The monoisotopic (exact) mass is 448 g/mol. The van der Waals surface area contributed by atoms with Gasteiger partial charge in [0.25, 0.3) is 0 Å². The number of aromatic nitrogens is 2. The van der Waals surface area contributed by atoms with Crippen molar-refractivity contribution in [2.75, 3.05) is 13.2 Å². The van der Waals surface area contributed by atoms with Crippen molar-refractivity contribution < 1.29 is 9.53 Å². The molecule has 2 atom stereocenters. The quantitative estimate of drug-likeness (QED) is 0.447. The van der Waals surface area contributed by atoms with Crippen molar-refractivity contribution in [3.05, 3.63) is 82.9 Å². The van der Waals surface area contributed by atoms with E-state index < -0.39 is 0 Å². The van der Waals surface area contributed by atoms with Gasteiger partial charge in [-0.25, -0.2) is 0 Å². The third kappa shape index (κ3) is 4.12. The maximum absolute atomic E-state index is 12.4. The minimum Gasteiger partial charge on any atom is -0.465 e. The molecule has 1 aliphatic rings. The Balaban J connectivity index is 1.80. The zero-order valence-corrected chi connectivity index (χ0v) is 19.6. The molecule has 1 aromatic carbocycles. The van der Waals surface area contributed by atoms with E-state index in [1.807, 2.05) is 30.0 Å². The Bertz CT molecular complexity index is 1120. The molecule has 3 aromatic rings. The Labute approximate surface area is 194 Å². The summed E-state index contributed by atoms with van der Waals surface area (Å²) in [7, 11) is 0. The highest BCUT2D eigenvalue weighted by Gasteiger charge is 2.42. The molecule has 0 bridgehead atoms. The summed E-state index contributed by atoms with van der Waals surface area (Å²) in [5, 5.41) is 3.92. The summed E-state index contributed by atoms with van der Waals surface area (Å²) in [5.41, 5.74) is 6.55. The highest BCUT2D eigenvalue weighted by molar-refractivity contribution is 7.80. The van der Waals surface area contributed by atoms with E-state index in [2.05, 4.69) is 66.0 Å². The fraction of sp³-hybridized carbons (Fsp3) is 0.320. The number of carbonyl (C=O) groups excluding carboxylic acids is 1. The summed E-state index contributed by atoms with van der Waals surface area (Å²) in [6, 6.07) is 16.2. The van der Waals surface area contributed by atoms with Gasteiger partial charge in [0.15, 0.2) is 5.11 Å². The number of nitrogens with zero attached hydrogens (tertiary/aromatic N) is 3. The number of esters is 1. The maximum atomic E-state index is 12.4. The van der Waals surface area contributed by atoms with Crippen molar-refractivity contribution in [2.24, 2.45) is 0 Å². The van der Waals surface area contributed by atoms with Gasteiger partial charge in [-0.1, -0.05) is 23.8 Å². The molecule has 1 fully saturated rings. The molecular formula is C25H28N4O2S. The zero-order chi connectivity index (χ0) is 22.8. The van der Waals surface area contributed by atoms with Crippen LogP contribution in [0.15, 0.2) is 54.7 Å². The minimum absolute atomic E-state index is 0.0852. The van der Waals surface area contributed by atoms with E-state index in [9.17, 15) is 4.79 Å². The van der Waals surface area contributed by atoms with Gasteiger partial charge in [-0.15, -0.1) is 0 Å². The van der Waals surface area contributed by atoms with E-state index in [4.69, 9.17) is 17.0 Å². The Hall–Kier alpha value is -3.19. The number of benzene rings is 1. The van der Waals surface area contributed by atoms with Crippen molar-refractivity contribution in [1.82, 2.24) is 19.8 Å². The molecule has 6 nitrogen and oxygen atoms in total. The molecule has 0 spiro atoms. The summed E-state index contributed by atoms with van der Waals surface area (Å²) in [5.74, 6) is -0.296. The first-order valence-corrected chi connectivity index (χ1v) is 11.2. The second-order valence-electron chi connectivity index (χ2n) is 8.06. The Morgan fingerprint density at radius 1 is 1.16 bits per heavy atom. The fourth-order valence-electron chi connectivity index (χ4n) is 4.44. The largest absolute Gasteiger partial charge is 0.465 e. The van der Waals surface area contributed by atoms with E-state index in [1.165, 1.54) is 5.56 Å². The minimum atomic E-state index is -0.296. The molecule has 0 saturated carbocycles. The van der Waals surface area contributed by atoms with Crippen LogP contribution in [0.25, 0.3) is 5.69 Å². The predicted molar refractivity (Wildman–Crippen MR) is 129 cm³/mol. The molecule has 0 amide bonds. The molecule has 0 radical (unpaired) electrons. The number of thiocarbonyl (C=S) groups is 1. The molecule has 2 aromatic heterocycles. The van der Waals surface area contributed by atoms with Crippen LogP contribution < -0.4 is 5.32 Å². The van der Waals surface area contributed by atoms with Crippen molar-refractivity contribution in [1.29, 1.82) is 0 Å². The molecular weight excluding hydrogens is 420 g/mol. The molecule has 166 valence electrons. The highest BCUT2D eigenvalue weighted by Crippen LogP contribution is 2.41. The number of ether oxygens (including phenoxy) is 1. The third-order valence-electron chi connectivity index (χ3n) is 5.88. The van der Waals surface area contributed by atoms with Crippen LogP contribution in [-0.4, -0.2) is 38.7 Å². The predicted octanol–water partition coefficient (Wildman–Crippen LogP) is 4.33. The average molecular weight is 449 g/mol. The summed E-state index contributed by atoms with van der Waals surface area (Å²) in [6.07, 6.45) is 1.78. The first kappa shape index (κ1) is 22.0. The van der Waals surface area contributed by atoms with Gasteiger partial charge in [-0.3, -0.25) is 9.78 Å². The Morgan fingerprint density at radius 2 is 1.91 bits per heavy atom. The number of hydrogen-bond acceptors (Lipinski definition) is 4. The van der Waals surface area contributed by atoms with Gasteiger partial charge < -0.3 is 19.5 Å². The first-order chi connectivity index (χ1) is 15.4. The lowest BCUT2D eigenvalue weighted by atomic mass is 9.97. The molecule has 0 aliphatic carbocycles. The Kier molecular flexibility index (Phi) is 6.28. The number of hydrogen-bond donors (Lipinski definition) is 1. The van der Waals surface area contributed by atoms with E-state index in [0.29, 0.717) is 11.7 Å². The number of aryl methyl sites for hydroxylation is 2. The SMILES string of the molecule is CCOC(=O)CN1C(=S)N[C@@H](c2ccccn2)[C@@H]1c1cc(C)n(-c2ccc(C)cc2)c1C. The number of rotatable bonds is 6. The lowest BCUT2D eigenvalue weighted by Gasteiger charge is -2.27. The van der Waals surface area contributed by atoms with Crippen molar-refractivity contribution in [3.63, 3.8) is 0 Å². The average Bonchev–Trinajstić information content (AvgIpc) is 3.25. The van der Waals surface area contributed by atoms with Crippen molar-refractivity contribution >= 4 is 23.3 Å². The molecule has 7 heteroatoms. The van der Waals surface area contributed by atoms with E-state index in [0.717, 1.165) is 28.3 Å². The maximum Gasteiger partial charge on any atom is 0.325 e. The molecule has 1 aliphatic heterocycles. The van der Waals surface area contributed by atoms with Crippen molar-refractivity contribution in [3.8, 4) is 5.69 Å². The zero-order valence-electron chi connectivity index (χ0n) is 18.8. The van der Waals surface area contributed by atoms with Crippen LogP contribution in [0.2, 0.25) is 0 Å². The normalized spacial score (nSPS) is 18.0. The summed E-state index contributed by atoms with van der Waals surface area (Å²) in [4.78, 5) is 18.9. The molecule has 3 heterocycles. The van der Waals surface area contributed by atoms with E-state index in [1.54, 1.807) is 6.20 Å². The standard InChI is InChI=1S/C25H28N4O2S/c1-5-31-22(30)15-28-24(23(27-25(28)32)21-8-6-7-13-26-21)20-14-17(3)29(18(20)4)19-11-9-16(2)10-12-19/h6-14,23-24H,5,15H2,1-4H3,(H,27,32)/t23-,24-/m0/s1. The fourth-order valence-corrected chi connectivity index (χ4v) is 4.74. The molecule has 4 rings (SSSR count). The van der Waals surface area contributed by atoms with Crippen LogP contribution in [0.3, 0.4) is 0 Å². The lowest BCUT2D eigenvalue weighted by Crippen LogP contribution is -2.35.